The molecule has 36 nitrogen and oxygen atoms in total. The third kappa shape index (κ3) is 41.9. The van der Waals surface area contributed by atoms with Crippen LogP contribution in [0.25, 0.3) is 0 Å². The Hall–Kier alpha value is -1.39. The second-order valence-electron chi connectivity index (χ2n) is 24.5. The first kappa shape index (κ1) is 91.8. The molecule has 3 aliphatic rings. The molecule has 1 aliphatic carbocycles. The van der Waals surface area contributed by atoms with Crippen LogP contribution in [0, 0.1) is 11.3 Å². The molecule has 0 radical (unpaired) electrons. The minimum Gasteiger partial charge on any atom is -0.396 e. The van der Waals surface area contributed by atoms with Gasteiger partial charge in [0.05, 0.1) is 104 Å². The molecule has 2 amide bonds. The van der Waals surface area contributed by atoms with Crippen molar-refractivity contribution in [1.82, 2.24) is 10.6 Å². The molecule has 2 saturated heterocycles. The molecule has 0 spiro atoms. The lowest BCUT2D eigenvalue weighted by Gasteiger charge is -2.42. The third-order valence-corrected chi connectivity index (χ3v) is 19.1. The van der Waals surface area contributed by atoms with Crippen LogP contribution in [0.5, 0.6) is 0 Å². The largest absolute Gasteiger partial charge is 0.694 e. The quantitative estimate of drug-likeness (QED) is 0.0236. The molecular formula is C59H115N2O34P4+. The van der Waals surface area contributed by atoms with Gasteiger partial charge in [0.25, 0.3) is 0 Å². The number of hydrogen-bond acceptors (Lipinski definition) is 30. The second kappa shape index (κ2) is 53.4. The fourth-order valence-electron chi connectivity index (χ4n) is 10.3. The van der Waals surface area contributed by atoms with Crippen LogP contribution in [0.4, 0.5) is 0 Å². The van der Waals surface area contributed by atoms with Crippen LogP contribution in [-0.2, 0) is 107 Å². The molecule has 3 fully saturated rings. The fraction of sp³-hybridized carbons (Fsp3) is 0.966. The molecule has 0 aromatic rings. The summed E-state index contributed by atoms with van der Waals surface area (Å²) in [7, 11) is -16.8. The van der Waals surface area contributed by atoms with Crippen molar-refractivity contribution >= 4 is 43.5 Å². The van der Waals surface area contributed by atoms with Crippen LogP contribution in [0.1, 0.15) is 136 Å². The summed E-state index contributed by atoms with van der Waals surface area (Å²) < 4.78 is 144. The number of aliphatic hydroxyl groups excluding tert-OH is 7. The second-order valence-corrected chi connectivity index (χ2v) is 29.6. The van der Waals surface area contributed by atoms with Crippen LogP contribution in [0.3, 0.4) is 0 Å². The van der Waals surface area contributed by atoms with E-state index >= 15 is 0 Å². The average Bonchev–Trinajstić information content (AvgIpc) is 1.69. The number of aliphatic hydroxyl groups is 7. The number of carbonyl (C=O) groups excluding carboxylic acids is 2. The van der Waals surface area contributed by atoms with Crippen molar-refractivity contribution in [1.29, 1.82) is 0 Å². The van der Waals surface area contributed by atoms with Gasteiger partial charge in [-0.2, -0.15) is 0 Å². The molecule has 2 aliphatic heterocycles. The number of phosphoric acid groups is 3. The van der Waals surface area contributed by atoms with Gasteiger partial charge in [-0.3, -0.25) is 36.7 Å². The van der Waals surface area contributed by atoms with Crippen LogP contribution in [-0.4, -0.2) is 286 Å². The number of rotatable bonds is 61. The van der Waals surface area contributed by atoms with Crippen LogP contribution in [0.2, 0.25) is 0 Å². The number of phosphoric ester groups is 3. The molecule has 3 rings (SSSR count). The monoisotopic (exact) mass is 1520 g/mol. The number of hydrogen-bond donors (Lipinski definition) is 13. The zero-order valence-electron chi connectivity index (χ0n) is 57.2. The van der Waals surface area contributed by atoms with Crippen molar-refractivity contribution in [3.63, 3.8) is 0 Å². The lowest BCUT2D eigenvalue weighted by Crippen LogP contribution is -2.64. The molecule has 0 aromatic heterocycles. The molecule has 13 N–H and O–H groups in total. The number of unbranched alkanes of at least 4 members (excludes halogenated alkanes) is 6. The van der Waals surface area contributed by atoms with Crippen LogP contribution >= 0.6 is 31.7 Å². The van der Waals surface area contributed by atoms with Gasteiger partial charge >= 0.3 is 31.7 Å². The number of amides is 2. The summed E-state index contributed by atoms with van der Waals surface area (Å²) in [4.78, 5) is 64.1. The van der Waals surface area contributed by atoms with Gasteiger partial charge < -0.3 is 108 Å². The van der Waals surface area contributed by atoms with E-state index in [-0.39, 0.29) is 151 Å². The Balaban J connectivity index is 1.51. The topological polar surface area (TPSA) is 506 Å². The van der Waals surface area contributed by atoms with Gasteiger partial charge in [-0.15, -0.1) is 9.42 Å². The summed E-state index contributed by atoms with van der Waals surface area (Å²) in [6.07, 6.45) is 1.96. The number of carbonyl (C=O) groups is 2. The lowest BCUT2D eigenvalue weighted by atomic mass is 9.92. The molecule has 99 heavy (non-hydrogen) atoms. The predicted octanol–water partition coefficient (Wildman–Crippen LogP) is 2.46. The summed E-state index contributed by atoms with van der Waals surface area (Å²) in [5.74, 6) is -1.29. The molecular weight excluding hydrogens is 1400 g/mol. The van der Waals surface area contributed by atoms with Crippen molar-refractivity contribution in [2.75, 3.05) is 152 Å². The zero-order chi connectivity index (χ0) is 72.8. The van der Waals surface area contributed by atoms with Crippen molar-refractivity contribution in [2.24, 2.45) is 11.3 Å². The maximum atomic E-state index is 13.4. The van der Waals surface area contributed by atoms with Crippen LogP contribution < -0.4 is 10.6 Å². The molecule has 40 heteroatoms. The minimum absolute atomic E-state index is 0.0388. The van der Waals surface area contributed by atoms with Gasteiger partial charge in [0.15, 0.2) is 12.6 Å². The Morgan fingerprint density at radius 3 is 1.20 bits per heavy atom. The Labute approximate surface area is 581 Å². The van der Waals surface area contributed by atoms with E-state index in [0.717, 1.165) is 19.3 Å². The predicted molar refractivity (Wildman–Crippen MR) is 348 cm³/mol. The highest BCUT2D eigenvalue weighted by Gasteiger charge is 2.47. The fourth-order valence-corrected chi connectivity index (χ4v) is 13.1. The molecule has 0 bridgehead atoms. The average molecular weight is 1520 g/mol. The number of ether oxygens (including phenoxy) is 10. The first-order chi connectivity index (χ1) is 47.4. The van der Waals surface area contributed by atoms with Gasteiger partial charge in [0.1, 0.15) is 55.3 Å². The van der Waals surface area contributed by atoms with E-state index in [0.29, 0.717) is 70.7 Å². The van der Waals surface area contributed by atoms with Crippen molar-refractivity contribution in [3.8, 4) is 0 Å². The highest BCUT2D eigenvalue weighted by atomic mass is 31.2. The summed E-state index contributed by atoms with van der Waals surface area (Å²) in [6.45, 7) is -0.109. The minimum atomic E-state index is -4.82. The SMILES string of the molecule is CC(=O)NC1C(OCCCCCCOP(=O)(O)OCCCOCC(COCCCO[P+](=O)O)(COCCCOP(=O)(O)OCCCCCCOC2OC(CO)C(O)C(O)C2NC(C)=O)COP(=O)(O)OCCCOCC(CO)COCCCOC2CCCCCC2)OC(CO)C(O)C1O. The number of nitrogens with one attached hydrogen (secondary N) is 2. The van der Waals surface area contributed by atoms with E-state index < -0.39 is 130 Å². The van der Waals surface area contributed by atoms with Gasteiger partial charge in [-0.25, -0.2) is 13.7 Å². The Bertz CT molecular complexity index is 2170. The Morgan fingerprint density at radius 1 is 0.465 bits per heavy atom. The Kier molecular flexibility index (Phi) is 49.5. The van der Waals surface area contributed by atoms with E-state index in [2.05, 4.69) is 10.6 Å². The smallest absolute Gasteiger partial charge is 0.396 e. The molecule has 0 aromatic carbocycles. The summed E-state index contributed by atoms with van der Waals surface area (Å²) in [6, 6.07) is -2.17. The molecule has 584 valence electrons. The Morgan fingerprint density at radius 2 is 0.818 bits per heavy atom. The highest BCUT2D eigenvalue weighted by molar-refractivity contribution is 7.47. The molecule has 2 heterocycles. The van der Waals surface area contributed by atoms with Crippen molar-refractivity contribution < 1.29 is 162 Å². The first-order valence-corrected chi connectivity index (χ1v) is 39.8. The van der Waals surface area contributed by atoms with E-state index in [4.69, 9.17) is 83.9 Å². The van der Waals surface area contributed by atoms with E-state index in [9.17, 15) is 78.3 Å². The van der Waals surface area contributed by atoms with Gasteiger partial charge in [-0.05, 0) is 70.6 Å². The first-order valence-electron chi connectivity index (χ1n) is 34.1. The maximum Gasteiger partial charge on any atom is 0.694 e. The van der Waals surface area contributed by atoms with Gasteiger partial charge in [0.2, 0.25) is 11.8 Å². The van der Waals surface area contributed by atoms with Gasteiger partial charge in [0, 0.05) is 77.2 Å². The third-order valence-electron chi connectivity index (χ3n) is 15.7. The van der Waals surface area contributed by atoms with E-state index in [1.807, 2.05) is 0 Å². The van der Waals surface area contributed by atoms with E-state index in [1.54, 1.807) is 0 Å². The molecule has 1 saturated carbocycles. The maximum absolute atomic E-state index is 13.4. The van der Waals surface area contributed by atoms with Gasteiger partial charge in [-0.1, -0.05) is 51.4 Å². The zero-order valence-corrected chi connectivity index (χ0v) is 60.8. The normalized spacial score (nSPS) is 25.4. The standard InChI is InChI=1S/C59H114N2O34P4/c1-45(65)60-51-55(69)53(67)49(37-63)94-57(51)85-27-11-5-7-13-31-88-97(73,74)90-34-18-25-82-42-59(41-81-24-16-30-87-96(71)72,44-93-99(77,78)92-33-17-23-80-40-47(36-62)39-79-22-15-29-84-48-20-9-3-4-10-21-48)43-83-26-19-35-91-98(75,76)89-32-14-8-6-12-28-86-58-52(61-46(2)66)56(70)54(68)50(38-64)95-58/h47-58,62-64,67-70H,3-44H2,1-2H3,(H5-,60,61,65,66,71,72,73,74,75,76,77,78)/p+1. The summed E-state index contributed by atoms with van der Waals surface area (Å²) >= 11 is 0. The summed E-state index contributed by atoms with van der Waals surface area (Å²) in [5, 5.41) is 75.3. The molecule has 15 atom stereocenters. The molecule has 15 unspecified atom stereocenters. The van der Waals surface area contributed by atoms with Crippen LogP contribution in [0.15, 0.2) is 0 Å². The van der Waals surface area contributed by atoms with Crippen molar-refractivity contribution in [3.05, 3.63) is 0 Å². The van der Waals surface area contributed by atoms with E-state index in [1.165, 1.54) is 39.5 Å². The lowest BCUT2D eigenvalue weighted by molar-refractivity contribution is -0.270. The summed E-state index contributed by atoms with van der Waals surface area (Å²) in [5.41, 5.74) is -1.41. The van der Waals surface area contributed by atoms with Crippen molar-refractivity contribution in [2.45, 2.75) is 203 Å². The highest BCUT2D eigenvalue weighted by Crippen LogP contribution is 2.46.